The van der Waals surface area contributed by atoms with Crippen LogP contribution in [0.5, 0.6) is 0 Å². The van der Waals surface area contributed by atoms with E-state index in [4.69, 9.17) is 0 Å². The molecule has 0 radical (unpaired) electrons. The van der Waals surface area contributed by atoms with Gasteiger partial charge in [0.2, 0.25) is 0 Å². The number of unbranched alkanes of at least 4 members (excludes halogenated alkanes) is 2. The fraction of sp³-hybridized carbons (Fsp3) is 0.600. The molecule has 0 saturated heterocycles. The zero-order chi connectivity index (χ0) is 10.1. The van der Waals surface area contributed by atoms with Gasteiger partial charge in [-0.1, -0.05) is 19.8 Å². The molecule has 0 bridgehead atoms. The third-order valence-electron chi connectivity index (χ3n) is 1.72. The van der Waals surface area contributed by atoms with Crippen LogP contribution in [0.3, 0.4) is 0 Å². The maximum Gasteiger partial charge on any atom is 0.330 e. The Morgan fingerprint density at radius 3 is 2.54 bits per heavy atom. The summed E-state index contributed by atoms with van der Waals surface area (Å²) in [7, 11) is 1.30. The molecule has 0 saturated carbocycles. The van der Waals surface area contributed by atoms with Gasteiger partial charge in [0.25, 0.3) is 0 Å². The molecule has 0 aliphatic carbocycles. The number of methoxy groups -OCH3 is 1. The normalized spacial score (nSPS) is 11.1. The first kappa shape index (κ1) is 11.9. The molecule has 0 aliphatic rings. The lowest BCUT2D eigenvalue weighted by Crippen LogP contribution is -1.98. The molecular formula is C10H16O3. The van der Waals surface area contributed by atoms with Crippen molar-refractivity contribution in [1.82, 2.24) is 0 Å². The number of aldehydes is 1. The summed E-state index contributed by atoms with van der Waals surface area (Å²) in [5.41, 5.74) is 0.514. The number of ether oxygens (including phenoxy) is 1. The van der Waals surface area contributed by atoms with E-state index in [0.29, 0.717) is 18.3 Å². The number of rotatable bonds is 6. The zero-order valence-electron chi connectivity index (χ0n) is 8.21. The Hall–Kier alpha value is -1.12. The topological polar surface area (TPSA) is 43.4 Å². The number of carbonyl (C=O) groups excluding carboxylic acids is 2. The molecular weight excluding hydrogens is 168 g/mol. The second-order valence-electron chi connectivity index (χ2n) is 2.82. The molecule has 0 fully saturated rings. The third kappa shape index (κ3) is 6.08. The Morgan fingerprint density at radius 1 is 1.38 bits per heavy atom. The molecule has 0 atom stereocenters. The van der Waals surface area contributed by atoms with Crippen LogP contribution in [0.15, 0.2) is 11.6 Å². The average Bonchev–Trinajstić information content (AvgIpc) is 2.16. The molecule has 0 spiro atoms. The molecule has 0 unspecified atom stereocenters. The van der Waals surface area contributed by atoms with E-state index in [9.17, 15) is 9.59 Å². The first-order valence-corrected chi connectivity index (χ1v) is 4.48. The predicted octanol–water partition coefficient (Wildman–Crippen LogP) is 1.86. The Kier molecular flexibility index (Phi) is 6.88. The largest absolute Gasteiger partial charge is 0.466 e. The van der Waals surface area contributed by atoms with Crippen molar-refractivity contribution in [2.24, 2.45) is 0 Å². The van der Waals surface area contributed by atoms with Gasteiger partial charge >= 0.3 is 5.97 Å². The second kappa shape index (κ2) is 7.53. The van der Waals surface area contributed by atoms with Gasteiger partial charge in [0, 0.05) is 6.08 Å². The van der Waals surface area contributed by atoms with E-state index < -0.39 is 5.97 Å². The quantitative estimate of drug-likeness (QED) is 0.274. The van der Waals surface area contributed by atoms with Crippen LogP contribution < -0.4 is 0 Å². The summed E-state index contributed by atoms with van der Waals surface area (Å²) < 4.78 is 4.41. The Morgan fingerprint density at radius 2 is 2.08 bits per heavy atom. The molecule has 0 amide bonds. The number of esters is 1. The van der Waals surface area contributed by atoms with Gasteiger partial charge in [-0.05, 0) is 18.4 Å². The minimum Gasteiger partial charge on any atom is -0.466 e. The summed E-state index contributed by atoms with van der Waals surface area (Å²) in [4.78, 5) is 21.2. The lowest BCUT2D eigenvalue weighted by atomic mass is 10.1. The lowest BCUT2D eigenvalue weighted by Gasteiger charge is -1.98. The van der Waals surface area contributed by atoms with Crippen molar-refractivity contribution in [1.29, 1.82) is 0 Å². The molecule has 0 N–H and O–H groups in total. The highest BCUT2D eigenvalue weighted by molar-refractivity contribution is 5.89. The van der Waals surface area contributed by atoms with Crippen LogP contribution in [0.4, 0.5) is 0 Å². The van der Waals surface area contributed by atoms with E-state index >= 15 is 0 Å². The van der Waals surface area contributed by atoms with Gasteiger partial charge in [-0.15, -0.1) is 0 Å². The Balaban J connectivity index is 3.94. The number of allylic oxidation sites excluding steroid dienone is 1. The van der Waals surface area contributed by atoms with E-state index in [1.807, 2.05) is 0 Å². The maximum absolute atomic E-state index is 10.8. The summed E-state index contributed by atoms with van der Waals surface area (Å²) in [5.74, 6) is -0.460. The standard InChI is InChI=1S/C10H16O3/c1-3-4-5-6-9(8-11)7-10(12)13-2/h7-8H,3-6H2,1-2H3. The fourth-order valence-electron chi connectivity index (χ4n) is 0.955. The highest BCUT2D eigenvalue weighted by Crippen LogP contribution is 2.06. The molecule has 3 nitrogen and oxygen atoms in total. The molecule has 0 aromatic carbocycles. The molecule has 0 heterocycles. The first-order valence-electron chi connectivity index (χ1n) is 4.48. The summed E-state index contributed by atoms with van der Waals surface area (Å²) in [5, 5.41) is 0. The minimum atomic E-state index is -0.460. The predicted molar refractivity (Wildman–Crippen MR) is 50.3 cm³/mol. The van der Waals surface area contributed by atoms with E-state index in [-0.39, 0.29) is 0 Å². The maximum atomic E-state index is 10.8. The van der Waals surface area contributed by atoms with Gasteiger partial charge in [0.1, 0.15) is 6.29 Å². The monoisotopic (exact) mass is 184 g/mol. The van der Waals surface area contributed by atoms with E-state index in [0.717, 1.165) is 19.3 Å². The Labute approximate surface area is 78.8 Å². The molecule has 0 aliphatic heterocycles. The molecule has 74 valence electrons. The Bertz CT molecular complexity index is 194. The molecule has 0 rings (SSSR count). The molecule has 0 aromatic heterocycles. The van der Waals surface area contributed by atoms with Gasteiger partial charge < -0.3 is 4.74 Å². The van der Waals surface area contributed by atoms with Crippen molar-refractivity contribution in [3.05, 3.63) is 11.6 Å². The van der Waals surface area contributed by atoms with Gasteiger partial charge in [0.15, 0.2) is 0 Å². The third-order valence-corrected chi connectivity index (χ3v) is 1.72. The number of hydrogen-bond donors (Lipinski definition) is 0. The summed E-state index contributed by atoms with van der Waals surface area (Å²) in [6, 6.07) is 0. The average molecular weight is 184 g/mol. The summed E-state index contributed by atoms with van der Waals surface area (Å²) in [6.07, 6.45) is 5.75. The first-order chi connectivity index (χ1) is 6.24. The lowest BCUT2D eigenvalue weighted by molar-refractivity contribution is -0.135. The van der Waals surface area contributed by atoms with Crippen LogP contribution >= 0.6 is 0 Å². The van der Waals surface area contributed by atoms with Crippen molar-refractivity contribution in [2.75, 3.05) is 7.11 Å². The van der Waals surface area contributed by atoms with Gasteiger partial charge in [-0.3, -0.25) is 4.79 Å². The van der Waals surface area contributed by atoms with Crippen molar-refractivity contribution in [3.63, 3.8) is 0 Å². The second-order valence-corrected chi connectivity index (χ2v) is 2.82. The van der Waals surface area contributed by atoms with Crippen molar-refractivity contribution in [3.8, 4) is 0 Å². The van der Waals surface area contributed by atoms with Crippen LogP contribution in [0, 0.1) is 0 Å². The van der Waals surface area contributed by atoms with Crippen LogP contribution in [-0.2, 0) is 14.3 Å². The van der Waals surface area contributed by atoms with Gasteiger partial charge in [-0.2, -0.15) is 0 Å². The smallest absolute Gasteiger partial charge is 0.330 e. The number of hydrogen-bond acceptors (Lipinski definition) is 3. The van der Waals surface area contributed by atoms with Crippen LogP contribution in [-0.4, -0.2) is 19.4 Å². The highest BCUT2D eigenvalue weighted by atomic mass is 16.5. The summed E-state index contributed by atoms with van der Waals surface area (Å²) >= 11 is 0. The fourth-order valence-corrected chi connectivity index (χ4v) is 0.955. The molecule has 0 aromatic rings. The summed E-state index contributed by atoms with van der Waals surface area (Å²) in [6.45, 7) is 2.09. The van der Waals surface area contributed by atoms with E-state index in [1.165, 1.54) is 13.2 Å². The van der Waals surface area contributed by atoms with E-state index in [2.05, 4.69) is 11.7 Å². The zero-order valence-corrected chi connectivity index (χ0v) is 8.21. The molecule has 3 heteroatoms. The van der Waals surface area contributed by atoms with E-state index in [1.54, 1.807) is 0 Å². The van der Waals surface area contributed by atoms with Crippen LogP contribution in [0.25, 0.3) is 0 Å². The van der Waals surface area contributed by atoms with Gasteiger partial charge in [0.05, 0.1) is 7.11 Å². The minimum absolute atomic E-state index is 0.460. The SMILES string of the molecule is CCCCCC(C=O)=CC(=O)OC. The highest BCUT2D eigenvalue weighted by Gasteiger charge is 2.00. The van der Waals surface area contributed by atoms with Crippen molar-refractivity contribution < 1.29 is 14.3 Å². The van der Waals surface area contributed by atoms with Crippen LogP contribution in [0.2, 0.25) is 0 Å². The van der Waals surface area contributed by atoms with Crippen molar-refractivity contribution >= 4 is 12.3 Å². The van der Waals surface area contributed by atoms with Crippen LogP contribution in [0.1, 0.15) is 32.6 Å². The van der Waals surface area contributed by atoms with Crippen molar-refractivity contribution in [2.45, 2.75) is 32.6 Å². The molecule has 13 heavy (non-hydrogen) atoms. The number of carbonyl (C=O) groups is 2. The van der Waals surface area contributed by atoms with Gasteiger partial charge in [-0.25, -0.2) is 4.79 Å².